The first-order chi connectivity index (χ1) is 6.53. The van der Waals surface area contributed by atoms with Crippen LogP contribution in [-0.4, -0.2) is 27.0 Å². The predicted octanol–water partition coefficient (Wildman–Crippen LogP) is 1.14. The van der Waals surface area contributed by atoms with Gasteiger partial charge >= 0.3 is 0 Å². The fourth-order valence-corrected chi connectivity index (χ4v) is 1.04. The molecule has 5 heteroatoms. The lowest BCUT2D eigenvalue weighted by molar-refractivity contribution is 0.388. The topological polar surface area (TPSA) is 42.7 Å². The molecule has 0 aliphatic heterocycles. The van der Waals surface area contributed by atoms with E-state index in [9.17, 15) is 4.39 Å². The van der Waals surface area contributed by atoms with E-state index in [1.807, 2.05) is 0 Å². The van der Waals surface area contributed by atoms with Crippen molar-refractivity contribution in [2.75, 3.05) is 6.67 Å². The van der Waals surface area contributed by atoms with Crippen molar-refractivity contribution >= 4 is 0 Å². The van der Waals surface area contributed by atoms with Crippen molar-refractivity contribution in [2.24, 2.45) is 0 Å². The normalized spacial score (nSPS) is 12.0. The summed E-state index contributed by atoms with van der Waals surface area (Å²) in [5.41, 5.74) is 0.0342. The van der Waals surface area contributed by atoms with Crippen LogP contribution in [0.1, 0.15) is 26.6 Å². The lowest BCUT2D eigenvalue weighted by Crippen LogP contribution is -2.36. The Morgan fingerprint density at radius 3 is 2.79 bits per heavy atom. The van der Waals surface area contributed by atoms with Gasteiger partial charge in [0.15, 0.2) is 0 Å². The molecule has 0 unspecified atom stereocenters. The zero-order valence-electron chi connectivity index (χ0n) is 8.92. The lowest BCUT2D eigenvalue weighted by Gasteiger charge is -2.20. The fourth-order valence-electron chi connectivity index (χ4n) is 1.04. The molecule has 0 amide bonds. The maximum absolute atomic E-state index is 12.1. The Morgan fingerprint density at radius 2 is 2.21 bits per heavy atom. The molecule has 4 nitrogen and oxygen atoms in total. The molecule has 1 heterocycles. The van der Waals surface area contributed by atoms with Gasteiger partial charge in [0, 0.05) is 5.54 Å². The Hall–Kier alpha value is -0.970. The molecule has 0 radical (unpaired) electrons. The van der Waals surface area contributed by atoms with Gasteiger partial charge in [-0.15, -0.1) is 0 Å². The van der Waals surface area contributed by atoms with E-state index in [-0.39, 0.29) is 12.1 Å². The molecule has 0 saturated carbocycles. The molecule has 0 saturated heterocycles. The van der Waals surface area contributed by atoms with Crippen LogP contribution in [0.15, 0.2) is 6.33 Å². The minimum absolute atomic E-state index is 0.0342. The quantitative estimate of drug-likeness (QED) is 0.792. The highest BCUT2D eigenvalue weighted by Crippen LogP contribution is 2.01. The summed E-state index contributed by atoms with van der Waals surface area (Å²) in [6.45, 7) is 6.70. The van der Waals surface area contributed by atoms with Crippen LogP contribution in [0.4, 0.5) is 4.39 Å². The monoisotopic (exact) mass is 200 g/mol. The van der Waals surface area contributed by atoms with Crippen LogP contribution < -0.4 is 5.32 Å². The molecule has 0 aliphatic carbocycles. The summed E-state index contributed by atoms with van der Waals surface area (Å²) in [5.74, 6) is 0.776. The molecule has 0 atom stereocenters. The van der Waals surface area contributed by atoms with Crippen molar-refractivity contribution in [3.05, 3.63) is 12.2 Å². The highest BCUT2D eigenvalue weighted by Gasteiger charge is 2.11. The van der Waals surface area contributed by atoms with E-state index in [0.717, 1.165) is 5.82 Å². The van der Waals surface area contributed by atoms with Gasteiger partial charge in [0.05, 0.1) is 13.1 Å². The van der Waals surface area contributed by atoms with Gasteiger partial charge in [-0.05, 0) is 20.8 Å². The number of halogens is 1. The molecule has 1 rings (SSSR count). The number of nitrogens with zero attached hydrogens (tertiary/aromatic N) is 3. The summed E-state index contributed by atoms with van der Waals surface area (Å²) in [4.78, 5) is 4.06. The van der Waals surface area contributed by atoms with Crippen molar-refractivity contribution in [3.8, 4) is 0 Å². The van der Waals surface area contributed by atoms with E-state index in [1.54, 1.807) is 4.68 Å². The van der Waals surface area contributed by atoms with E-state index >= 15 is 0 Å². The molecule has 0 spiro atoms. The molecule has 1 N–H and O–H groups in total. The third-order valence-electron chi connectivity index (χ3n) is 1.77. The first-order valence-electron chi connectivity index (χ1n) is 4.70. The number of aromatic nitrogens is 3. The Bertz CT molecular complexity index is 277. The summed E-state index contributed by atoms with van der Waals surface area (Å²) < 4.78 is 13.7. The Morgan fingerprint density at radius 1 is 1.50 bits per heavy atom. The maximum atomic E-state index is 12.1. The number of hydrogen-bond acceptors (Lipinski definition) is 3. The minimum Gasteiger partial charge on any atom is -0.305 e. The van der Waals surface area contributed by atoms with Crippen LogP contribution in [-0.2, 0) is 13.1 Å². The van der Waals surface area contributed by atoms with Crippen LogP contribution in [0.3, 0.4) is 0 Å². The molecule has 1 aromatic rings. The van der Waals surface area contributed by atoms with Gasteiger partial charge in [-0.25, -0.2) is 14.1 Å². The van der Waals surface area contributed by atoms with Crippen LogP contribution in [0.5, 0.6) is 0 Å². The number of alkyl halides is 1. The third kappa shape index (κ3) is 3.41. The number of nitrogens with one attached hydrogen (secondary N) is 1. The Balaban J connectivity index is 2.53. The van der Waals surface area contributed by atoms with Crippen LogP contribution in [0.2, 0.25) is 0 Å². The number of hydrogen-bond donors (Lipinski definition) is 1. The van der Waals surface area contributed by atoms with E-state index in [4.69, 9.17) is 0 Å². The maximum Gasteiger partial charge on any atom is 0.140 e. The summed E-state index contributed by atoms with van der Waals surface area (Å²) >= 11 is 0. The van der Waals surface area contributed by atoms with E-state index in [1.165, 1.54) is 6.33 Å². The van der Waals surface area contributed by atoms with Gasteiger partial charge in [-0.2, -0.15) is 5.10 Å². The van der Waals surface area contributed by atoms with Gasteiger partial charge < -0.3 is 5.32 Å². The molecule has 0 aromatic carbocycles. The van der Waals surface area contributed by atoms with Crippen molar-refractivity contribution < 1.29 is 4.39 Å². The smallest absolute Gasteiger partial charge is 0.140 e. The summed E-state index contributed by atoms with van der Waals surface area (Å²) in [6.07, 6.45) is 1.45. The Labute approximate surface area is 83.5 Å². The fraction of sp³-hybridized carbons (Fsp3) is 0.778. The zero-order valence-corrected chi connectivity index (χ0v) is 8.92. The largest absolute Gasteiger partial charge is 0.305 e. The van der Waals surface area contributed by atoms with Crippen molar-refractivity contribution in [2.45, 2.75) is 39.4 Å². The highest BCUT2D eigenvalue weighted by molar-refractivity contribution is 4.86. The molecule has 14 heavy (non-hydrogen) atoms. The van der Waals surface area contributed by atoms with Crippen LogP contribution >= 0.6 is 0 Å². The molecule has 0 bridgehead atoms. The predicted molar refractivity (Wildman–Crippen MR) is 52.6 cm³/mol. The Kier molecular flexibility index (Phi) is 3.57. The summed E-state index contributed by atoms with van der Waals surface area (Å²) in [7, 11) is 0. The van der Waals surface area contributed by atoms with Crippen molar-refractivity contribution in [1.82, 2.24) is 20.1 Å². The molecular weight excluding hydrogens is 183 g/mol. The van der Waals surface area contributed by atoms with Gasteiger partial charge in [-0.3, -0.25) is 0 Å². The molecule has 1 aromatic heterocycles. The average Bonchev–Trinajstić information content (AvgIpc) is 2.48. The summed E-state index contributed by atoms with van der Waals surface area (Å²) in [5, 5.41) is 7.21. The third-order valence-corrected chi connectivity index (χ3v) is 1.77. The highest BCUT2D eigenvalue weighted by atomic mass is 19.1. The van der Waals surface area contributed by atoms with Gasteiger partial charge in [0.2, 0.25) is 0 Å². The lowest BCUT2D eigenvalue weighted by atomic mass is 10.1. The standard InChI is InChI=1S/C9H17FN4/c1-9(2,3)12-6-8-11-7-13-14(8)5-4-10/h7,12H,4-6H2,1-3H3. The second-order valence-corrected chi connectivity index (χ2v) is 4.19. The molecule has 0 fully saturated rings. The van der Waals surface area contributed by atoms with Gasteiger partial charge in [-0.1, -0.05) is 0 Å². The summed E-state index contributed by atoms with van der Waals surface area (Å²) in [6, 6.07) is 0. The minimum atomic E-state index is -0.411. The van der Waals surface area contributed by atoms with Crippen LogP contribution in [0, 0.1) is 0 Å². The van der Waals surface area contributed by atoms with Crippen LogP contribution in [0.25, 0.3) is 0 Å². The van der Waals surface area contributed by atoms with E-state index < -0.39 is 6.67 Å². The van der Waals surface area contributed by atoms with E-state index in [2.05, 4.69) is 36.2 Å². The average molecular weight is 200 g/mol. The molecular formula is C9H17FN4. The van der Waals surface area contributed by atoms with Gasteiger partial charge in [0.25, 0.3) is 0 Å². The zero-order chi connectivity index (χ0) is 10.6. The first kappa shape index (κ1) is 11.1. The molecule has 0 aliphatic rings. The van der Waals surface area contributed by atoms with Crippen molar-refractivity contribution in [3.63, 3.8) is 0 Å². The SMILES string of the molecule is CC(C)(C)NCc1ncnn1CCF. The van der Waals surface area contributed by atoms with E-state index in [0.29, 0.717) is 6.54 Å². The number of aryl methyl sites for hydroxylation is 1. The first-order valence-corrected chi connectivity index (χ1v) is 4.70. The second kappa shape index (κ2) is 4.50. The van der Waals surface area contributed by atoms with Gasteiger partial charge in [0.1, 0.15) is 18.8 Å². The number of rotatable bonds is 4. The second-order valence-electron chi connectivity index (χ2n) is 4.19. The molecule has 80 valence electrons. The van der Waals surface area contributed by atoms with Crippen molar-refractivity contribution in [1.29, 1.82) is 0 Å².